The summed E-state index contributed by atoms with van der Waals surface area (Å²) in [4.78, 5) is 0. The summed E-state index contributed by atoms with van der Waals surface area (Å²) in [7, 11) is 0. The molecule has 0 aliphatic rings. The Labute approximate surface area is 457 Å². The van der Waals surface area contributed by atoms with Crippen molar-refractivity contribution < 1.29 is 87.8 Å². The maximum Gasteiger partial charge on any atom is 0.200 e. The molecule has 0 spiro atoms. The summed E-state index contributed by atoms with van der Waals surface area (Å²) in [6.07, 6.45) is 0. The van der Waals surface area contributed by atoms with Gasteiger partial charge in [-0.25, -0.2) is 87.8 Å². The van der Waals surface area contributed by atoms with Crippen LogP contribution in [-0.2, 0) is 0 Å². The minimum absolute atomic E-state index is 0.215. The van der Waals surface area contributed by atoms with Crippen LogP contribution in [0.25, 0.3) is 121 Å². The van der Waals surface area contributed by atoms with Crippen molar-refractivity contribution in [3.05, 3.63) is 250 Å². The molecule has 12 rings (SSSR count). The lowest BCUT2D eigenvalue weighted by atomic mass is 9.81. The van der Waals surface area contributed by atoms with Crippen molar-refractivity contribution in [2.45, 2.75) is 0 Å². The number of hydrogen-bond donors (Lipinski definition) is 0. The van der Waals surface area contributed by atoms with Crippen molar-refractivity contribution in [2.24, 2.45) is 0 Å². The van der Waals surface area contributed by atoms with Gasteiger partial charge >= 0.3 is 0 Å². The van der Waals surface area contributed by atoms with Gasteiger partial charge in [-0.3, -0.25) is 0 Å². The Morgan fingerprint density at radius 3 is 0.429 bits per heavy atom. The van der Waals surface area contributed by atoms with E-state index in [1.54, 1.807) is 36.4 Å². The van der Waals surface area contributed by atoms with Gasteiger partial charge in [0.2, 0.25) is 23.3 Å². The highest BCUT2D eigenvalue weighted by molar-refractivity contribution is 6.32. The SMILES string of the molecule is Fc1c(F)c(F)c(-c2ccc(-c3cc(-c4ccc(-c5c(F)c(F)c(F)c(F)c5F)cc4)c4ccc5c(-c6ccc(-c7c(F)c(F)c(F)c(F)c7F)cc6)cc(-c6ccc(-c7c(F)c(F)c(F)c(F)c7F)cc6)c6ccc3c4c65)cc2)c(F)c1F. The Hall–Kier alpha value is -9.72. The van der Waals surface area contributed by atoms with Gasteiger partial charge in [0.1, 0.15) is 0 Å². The zero-order valence-electron chi connectivity index (χ0n) is 41.3. The molecule has 20 heteroatoms. The highest BCUT2D eigenvalue weighted by Crippen LogP contribution is 2.50. The molecule has 0 unspecified atom stereocenters. The number of benzene rings is 12. The zero-order valence-corrected chi connectivity index (χ0v) is 41.3. The maximum absolute atomic E-state index is 15.1. The van der Waals surface area contributed by atoms with Crippen LogP contribution in [0.1, 0.15) is 0 Å². The molecule has 0 atom stereocenters. The Morgan fingerprint density at radius 2 is 0.274 bits per heavy atom. The van der Waals surface area contributed by atoms with Crippen LogP contribution in [0.4, 0.5) is 87.8 Å². The van der Waals surface area contributed by atoms with Crippen LogP contribution in [-0.4, -0.2) is 0 Å². The molecule has 12 aromatic rings. The second-order valence-electron chi connectivity index (χ2n) is 19.1. The molecular weight excluding hydrogens is 1150 g/mol. The summed E-state index contributed by atoms with van der Waals surface area (Å²) < 4.78 is 293. The largest absolute Gasteiger partial charge is 0.203 e. The molecule has 0 fully saturated rings. The van der Waals surface area contributed by atoms with E-state index in [9.17, 15) is 52.7 Å². The lowest BCUT2D eigenvalue weighted by Gasteiger charge is -2.22. The molecule has 0 saturated carbocycles. The van der Waals surface area contributed by atoms with Gasteiger partial charge < -0.3 is 0 Å². The van der Waals surface area contributed by atoms with Gasteiger partial charge in [-0.1, -0.05) is 121 Å². The second kappa shape index (κ2) is 20.0. The fourth-order valence-electron chi connectivity index (χ4n) is 10.6. The van der Waals surface area contributed by atoms with Crippen molar-refractivity contribution >= 4 is 32.3 Å². The average Bonchev–Trinajstić information content (AvgIpc) is 1.11. The van der Waals surface area contributed by atoms with Gasteiger partial charge in [0.25, 0.3) is 0 Å². The standard InChI is InChI=1S/C64H22F20/c65-45-39(46(66)54(74)61(81)53(45)73)27-9-1-23(2-10-27)35-21-36(24-3-11-28(12-4-24)40-47(67)55(75)62(82)56(76)48(40)68)32-19-20-34-38(26-7-15-30(16-8-26)42-51(71)59(79)64(84)60(80)52(42)72)22-37(33-18-17-31(35)43(32)44(33)34)25-5-13-29(14-6-25)41-49(69)57(77)63(83)58(78)50(41)70/h1-22H. The predicted molar refractivity (Wildman–Crippen MR) is 273 cm³/mol. The third-order valence-electron chi connectivity index (χ3n) is 14.7. The molecule has 0 bridgehead atoms. The van der Waals surface area contributed by atoms with E-state index >= 15 is 35.1 Å². The molecule has 0 aliphatic carbocycles. The van der Waals surface area contributed by atoms with Gasteiger partial charge in [0.05, 0.1) is 22.3 Å². The van der Waals surface area contributed by atoms with Crippen LogP contribution < -0.4 is 0 Å². The van der Waals surface area contributed by atoms with Gasteiger partial charge in [-0.05, 0) is 111 Å². The normalized spacial score (nSPS) is 11.8. The van der Waals surface area contributed by atoms with Crippen molar-refractivity contribution in [1.82, 2.24) is 0 Å². The van der Waals surface area contributed by atoms with Gasteiger partial charge in [-0.15, -0.1) is 0 Å². The molecular formula is C64H22F20. The Balaban J connectivity index is 1.13. The van der Waals surface area contributed by atoms with E-state index in [0.29, 0.717) is 32.3 Å². The van der Waals surface area contributed by atoms with Crippen LogP contribution in [0.2, 0.25) is 0 Å². The summed E-state index contributed by atoms with van der Waals surface area (Å²) in [5.41, 5.74) is -4.94. The lowest BCUT2D eigenvalue weighted by molar-refractivity contribution is 0.381. The molecule has 0 aliphatic heterocycles. The van der Waals surface area contributed by atoms with Crippen molar-refractivity contribution in [2.75, 3.05) is 0 Å². The molecule has 0 N–H and O–H groups in total. The summed E-state index contributed by atoms with van der Waals surface area (Å²) in [5, 5.41) is 2.15. The summed E-state index contributed by atoms with van der Waals surface area (Å²) in [5.74, 6) is -44.4. The van der Waals surface area contributed by atoms with Crippen molar-refractivity contribution in [3.63, 3.8) is 0 Å². The minimum Gasteiger partial charge on any atom is -0.203 e. The van der Waals surface area contributed by atoms with Crippen LogP contribution in [0.15, 0.2) is 133 Å². The molecule has 12 aromatic carbocycles. The van der Waals surface area contributed by atoms with E-state index in [4.69, 9.17) is 0 Å². The molecule has 0 amide bonds. The molecule has 0 heterocycles. The first kappa shape index (κ1) is 54.8. The van der Waals surface area contributed by atoms with E-state index in [2.05, 4.69) is 0 Å². The Kier molecular flexibility index (Phi) is 13.1. The molecule has 0 saturated heterocycles. The topological polar surface area (TPSA) is 0 Å². The molecule has 84 heavy (non-hydrogen) atoms. The smallest absolute Gasteiger partial charge is 0.200 e. The third kappa shape index (κ3) is 8.15. The minimum atomic E-state index is -2.40. The maximum atomic E-state index is 15.1. The van der Waals surface area contributed by atoms with Gasteiger partial charge in [0.15, 0.2) is 93.1 Å². The first-order valence-electron chi connectivity index (χ1n) is 24.3. The number of rotatable bonds is 8. The van der Waals surface area contributed by atoms with Crippen LogP contribution in [0.5, 0.6) is 0 Å². The highest BCUT2D eigenvalue weighted by Gasteiger charge is 2.32. The lowest BCUT2D eigenvalue weighted by Crippen LogP contribution is -2.04. The number of hydrogen-bond acceptors (Lipinski definition) is 0. The quantitative estimate of drug-likeness (QED) is 0.0616. The summed E-state index contributed by atoms with van der Waals surface area (Å²) in [6, 6.07) is 28.4. The van der Waals surface area contributed by atoms with Crippen molar-refractivity contribution in [3.8, 4) is 89.0 Å². The first-order chi connectivity index (χ1) is 40.0. The number of halogens is 20. The third-order valence-corrected chi connectivity index (χ3v) is 14.7. The van der Waals surface area contributed by atoms with Gasteiger partial charge in [-0.2, -0.15) is 0 Å². The molecule has 418 valence electrons. The summed E-state index contributed by atoms with van der Waals surface area (Å²) in [6.45, 7) is 0. The van der Waals surface area contributed by atoms with Crippen LogP contribution in [0.3, 0.4) is 0 Å². The van der Waals surface area contributed by atoms with E-state index in [1.165, 1.54) is 48.5 Å². The second-order valence-corrected chi connectivity index (χ2v) is 19.1. The fourth-order valence-corrected chi connectivity index (χ4v) is 10.6. The molecule has 0 aromatic heterocycles. The zero-order chi connectivity index (χ0) is 59.8. The molecule has 0 radical (unpaired) electrons. The Morgan fingerprint density at radius 1 is 0.143 bits per heavy atom. The van der Waals surface area contributed by atoms with Gasteiger partial charge in [0, 0.05) is 0 Å². The van der Waals surface area contributed by atoms with Crippen LogP contribution >= 0.6 is 0 Å². The van der Waals surface area contributed by atoms with E-state index in [0.717, 1.165) is 48.5 Å². The highest BCUT2D eigenvalue weighted by atomic mass is 19.2. The fraction of sp³-hybridized carbons (Fsp3) is 0. The Bertz CT molecular complexity index is 4070. The first-order valence-corrected chi connectivity index (χ1v) is 24.3. The van der Waals surface area contributed by atoms with Crippen molar-refractivity contribution in [1.29, 1.82) is 0 Å². The monoisotopic (exact) mass is 1170 g/mol. The van der Waals surface area contributed by atoms with E-state index < -0.39 is 161 Å². The van der Waals surface area contributed by atoms with Crippen LogP contribution in [0, 0.1) is 116 Å². The van der Waals surface area contributed by atoms with E-state index in [1.807, 2.05) is 0 Å². The molecule has 0 nitrogen and oxygen atoms in total. The van der Waals surface area contributed by atoms with E-state index in [-0.39, 0.29) is 44.5 Å². The summed E-state index contributed by atoms with van der Waals surface area (Å²) >= 11 is 0. The average molecular weight is 1170 g/mol. The predicted octanol–water partition coefficient (Wildman–Crippen LogP) is 20.7.